The van der Waals surface area contributed by atoms with Crippen LogP contribution in [0.1, 0.15) is 44.8 Å². The number of hydrogen-bond donors (Lipinski definition) is 1. The molecule has 1 atom stereocenters. The molecular weight excluding hydrogens is 174 g/mol. The van der Waals surface area contributed by atoms with Crippen LogP contribution >= 0.6 is 0 Å². The lowest BCUT2D eigenvalue weighted by atomic mass is 9.97. The fourth-order valence-corrected chi connectivity index (χ4v) is 1.87. The zero-order chi connectivity index (χ0) is 10.2. The Balaban J connectivity index is 2.18. The molecule has 0 saturated heterocycles. The molecule has 0 radical (unpaired) electrons. The molecule has 1 aromatic heterocycles. The van der Waals surface area contributed by atoms with Gasteiger partial charge in [0.2, 0.25) is 0 Å². The number of hydrogen-bond acceptors (Lipinski definition) is 2. The van der Waals surface area contributed by atoms with E-state index < -0.39 is 0 Å². The molecular formula is C11H19N3. The maximum atomic E-state index is 6.25. The van der Waals surface area contributed by atoms with Crippen LogP contribution in [0.15, 0.2) is 12.3 Å². The predicted molar refractivity (Wildman–Crippen MR) is 56.8 cm³/mol. The van der Waals surface area contributed by atoms with Crippen LogP contribution in [0.2, 0.25) is 0 Å². The van der Waals surface area contributed by atoms with Gasteiger partial charge in [0.15, 0.2) is 0 Å². The minimum atomic E-state index is 0.163. The molecule has 2 N–H and O–H groups in total. The topological polar surface area (TPSA) is 43.8 Å². The maximum absolute atomic E-state index is 6.25. The number of rotatable bonds is 4. The van der Waals surface area contributed by atoms with Gasteiger partial charge < -0.3 is 5.73 Å². The van der Waals surface area contributed by atoms with Gasteiger partial charge in [-0.05, 0) is 30.7 Å². The monoisotopic (exact) mass is 193 g/mol. The normalized spacial score (nSPS) is 20.8. The van der Waals surface area contributed by atoms with Crippen molar-refractivity contribution in [1.82, 2.24) is 9.78 Å². The van der Waals surface area contributed by atoms with Crippen molar-refractivity contribution < 1.29 is 0 Å². The van der Waals surface area contributed by atoms with Crippen LogP contribution in [0.25, 0.3) is 0 Å². The van der Waals surface area contributed by atoms with E-state index in [2.05, 4.69) is 25.0 Å². The molecule has 1 aromatic rings. The van der Waals surface area contributed by atoms with E-state index in [1.807, 2.05) is 10.9 Å². The Bertz CT molecular complexity index is 312. The molecule has 2 rings (SSSR count). The summed E-state index contributed by atoms with van der Waals surface area (Å²) in [7, 11) is 0. The molecule has 1 saturated carbocycles. The van der Waals surface area contributed by atoms with E-state index in [1.54, 1.807) is 0 Å². The van der Waals surface area contributed by atoms with E-state index in [4.69, 9.17) is 5.73 Å². The number of nitrogens with two attached hydrogens (primary N) is 1. The Labute approximate surface area is 85.3 Å². The summed E-state index contributed by atoms with van der Waals surface area (Å²) in [4.78, 5) is 0. The van der Waals surface area contributed by atoms with Gasteiger partial charge in [0, 0.05) is 12.7 Å². The second-order valence-electron chi connectivity index (χ2n) is 4.61. The zero-order valence-corrected chi connectivity index (χ0v) is 9.03. The average Bonchev–Trinajstić information content (AvgIpc) is 2.76. The molecule has 0 aromatic carbocycles. The van der Waals surface area contributed by atoms with Crippen molar-refractivity contribution in [3.05, 3.63) is 18.0 Å². The number of nitrogens with zero attached hydrogens (tertiary/aromatic N) is 2. The summed E-state index contributed by atoms with van der Waals surface area (Å²) >= 11 is 0. The quantitative estimate of drug-likeness (QED) is 0.795. The highest BCUT2D eigenvalue weighted by Crippen LogP contribution is 2.53. The van der Waals surface area contributed by atoms with E-state index in [0.717, 1.165) is 13.0 Å². The van der Waals surface area contributed by atoms with Gasteiger partial charge in [0.1, 0.15) is 0 Å². The van der Waals surface area contributed by atoms with Crippen molar-refractivity contribution in [1.29, 1.82) is 0 Å². The minimum Gasteiger partial charge on any atom is -0.322 e. The van der Waals surface area contributed by atoms with Gasteiger partial charge in [0.25, 0.3) is 0 Å². The van der Waals surface area contributed by atoms with Crippen molar-refractivity contribution in [3.63, 3.8) is 0 Å². The highest BCUT2D eigenvalue weighted by Gasteiger charge is 2.44. The first-order valence-corrected chi connectivity index (χ1v) is 5.44. The Kier molecular flexibility index (Phi) is 2.35. The van der Waals surface area contributed by atoms with Crippen LogP contribution in [0.5, 0.6) is 0 Å². The first-order valence-electron chi connectivity index (χ1n) is 5.44. The highest BCUT2D eigenvalue weighted by atomic mass is 15.3. The molecule has 14 heavy (non-hydrogen) atoms. The fourth-order valence-electron chi connectivity index (χ4n) is 1.87. The Hall–Kier alpha value is -0.830. The smallest absolute Gasteiger partial charge is 0.0556 e. The van der Waals surface area contributed by atoms with Crippen LogP contribution in [-0.4, -0.2) is 9.78 Å². The molecule has 78 valence electrons. The summed E-state index contributed by atoms with van der Waals surface area (Å²) in [5.41, 5.74) is 7.79. The van der Waals surface area contributed by atoms with Crippen LogP contribution in [0.3, 0.4) is 0 Å². The molecule has 1 fully saturated rings. The van der Waals surface area contributed by atoms with Gasteiger partial charge in [-0.25, -0.2) is 0 Å². The lowest BCUT2D eigenvalue weighted by Crippen LogP contribution is -2.23. The molecule has 1 aliphatic rings. The third-order valence-electron chi connectivity index (χ3n) is 3.29. The van der Waals surface area contributed by atoms with Gasteiger partial charge in [-0.15, -0.1) is 0 Å². The van der Waals surface area contributed by atoms with Crippen molar-refractivity contribution in [2.24, 2.45) is 11.1 Å². The molecule has 0 aliphatic heterocycles. The van der Waals surface area contributed by atoms with Gasteiger partial charge >= 0.3 is 0 Å². The third-order valence-corrected chi connectivity index (χ3v) is 3.29. The Morgan fingerprint density at radius 2 is 2.36 bits per heavy atom. The van der Waals surface area contributed by atoms with Gasteiger partial charge in [0.05, 0.1) is 11.7 Å². The molecule has 3 nitrogen and oxygen atoms in total. The third kappa shape index (κ3) is 1.57. The predicted octanol–water partition coefficient (Wildman–Crippen LogP) is 2.09. The van der Waals surface area contributed by atoms with E-state index in [1.165, 1.54) is 18.5 Å². The standard InChI is InChI=1S/C11H19N3/c1-3-8-14-9(4-7-13-14)10(12)11(2)5-6-11/h4,7,10H,3,5-6,8,12H2,1-2H3. The van der Waals surface area contributed by atoms with E-state index >= 15 is 0 Å². The second kappa shape index (κ2) is 3.39. The molecule has 0 bridgehead atoms. The van der Waals surface area contributed by atoms with Crippen LogP contribution in [0, 0.1) is 5.41 Å². The SMILES string of the molecule is CCCn1nccc1C(N)C1(C)CC1. The molecule has 1 aliphatic carbocycles. The van der Waals surface area contributed by atoms with Gasteiger partial charge in [-0.1, -0.05) is 13.8 Å². The largest absolute Gasteiger partial charge is 0.322 e. The van der Waals surface area contributed by atoms with Crippen LogP contribution in [0.4, 0.5) is 0 Å². The van der Waals surface area contributed by atoms with E-state index in [-0.39, 0.29) is 6.04 Å². The van der Waals surface area contributed by atoms with Crippen molar-refractivity contribution in [2.45, 2.75) is 45.7 Å². The first kappa shape index (κ1) is 9.71. The van der Waals surface area contributed by atoms with Crippen molar-refractivity contribution in [2.75, 3.05) is 0 Å². The average molecular weight is 193 g/mol. The molecule has 1 heterocycles. The number of aromatic nitrogens is 2. The molecule has 0 amide bonds. The highest BCUT2D eigenvalue weighted by molar-refractivity contribution is 5.14. The Morgan fingerprint density at radius 1 is 1.64 bits per heavy atom. The summed E-state index contributed by atoms with van der Waals surface area (Å²) < 4.78 is 2.05. The van der Waals surface area contributed by atoms with Gasteiger partial charge in [-0.2, -0.15) is 5.10 Å². The lowest BCUT2D eigenvalue weighted by molar-refractivity contribution is 0.413. The van der Waals surface area contributed by atoms with E-state index in [9.17, 15) is 0 Å². The summed E-state index contributed by atoms with van der Waals surface area (Å²) in [5.74, 6) is 0. The summed E-state index contributed by atoms with van der Waals surface area (Å²) in [5, 5.41) is 4.30. The van der Waals surface area contributed by atoms with Gasteiger partial charge in [-0.3, -0.25) is 4.68 Å². The maximum Gasteiger partial charge on any atom is 0.0556 e. The minimum absolute atomic E-state index is 0.163. The summed E-state index contributed by atoms with van der Waals surface area (Å²) in [6, 6.07) is 2.22. The zero-order valence-electron chi connectivity index (χ0n) is 9.03. The summed E-state index contributed by atoms with van der Waals surface area (Å²) in [6.07, 6.45) is 5.48. The lowest BCUT2D eigenvalue weighted by Gasteiger charge is -2.19. The summed E-state index contributed by atoms with van der Waals surface area (Å²) in [6.45, 7) is 5.41. The van der Waals surface area contributed by atoms with Crippen LogP contribution in [-0.2, 0) is 6.54 Å². The van der Waals surface area contributed by atoms with E-state index in [0.29, 0.717) is 5.41 Å². The second-order valence-corrected chi connectivity index (χ2v) is 4.61. The van der Waals surface area contributed by atoms with Crippen LogP contribution < -0.4 is 5.73 Å². The Morgan fingerprint density at radius 3 is 2.93 bits per heavy atom. The fraction of sp³-hybridized carbons (Fsp3) is 0.727. The van der Waals surface area contributed by atoms with Crippen molar-refractivity contribution >= 4 is 0 Å². The molecule has 3 heteroatoms. The number of aryl methyl sites for hydroxylation is 1. The molecule has 0 spiro atoms. The molecule has 1 unspecified atom stereocenters. The van der Waals surface area contributed by atoms with Crippen molar-refractivity contribution in [3.8, 4) is 0 Å². The first-order chi connectivity index (χ1) is 6.67.